The number of nitrogens with zero attached hydrogens (tertiary/aromatic N) is 1. The largest absolute Gasteiger partial charge is 0.741 e. The number of hydrogen-bond acceptors (Lipinski definition) is 4. The molecule has 2 heterocycles. The molecule has 4 rings (SSSR count). The molecule has 0 atom stereocenters. The minimum Gasteiger partial charge on any atom is -0.741 e. The van der Waals surface area contributed by atoms with E-state index in [1.54, 1.807) is 0 Å². The molecule has 0 bridgehead atoms. The number of rotatable bonds is 1. The van der Waals surface area contributed by atoms with E-state index in [0.29, 0.717) is 0 Å². The minimum atomic E-state index is -6.09. The van der Waals surface area contributed by atoms with Gasteiger partial charge in [0.25, 0.3) is 4.60 Å². The quantitative estimate of drug-likeness (QED) is 0.166. The number of pyridine rings is 1. The lowest BCUT2D eigenvalue weighted by molar-refractivity contribution is -0.681. The van der Waals surface area contributed by atoms with Crippen LogP contribution < -0.4 is 4.57 Å². The van der Waals surface area contributed by atoms with Crippen LogP contribution in [0, 0.1) is 0 Å². The Morgan fingerprint density at radius 1 is 0.966 bits per heavy atom. The van der Waals surface area contributed by atoms with E-state index >= 15 is 0 Å². The van der Waals surface area contributed by atoms with E-state index in [9.17, 15) is 13.2 Å². The number of furan rings is 1. The molecule has 0 unspecified atom stereocenters. The van der Waals surface area contributed by atoms with Crippen LogP contribution in [-0.4, -0.2) is 18.5 Å². The zero-order valence-corrected chi connectivity index (χ0v) is 17.2. The van der Waals surface area contributed by atoms with Crippen LogP contribution in [0.15, 0.2) is 69.8 Å². The van der Waals surface area contributed by atoms with Gasteiger partial charge >= 0.3 is 5.51 Å². The van der Waals surface area contributed by atoms with Crippen LogP contribution in [-0.2, 0) is 17.2 Å². The summed E-state index contributed by atoms with van der Waals surface area (Å²) in [4.78, 5) is 0. The summed E-state index contributed by atoms with van der Waals surface area (Å²) in [6, 6.07) is 18.6. The maximum atomic E-state index is 10.7. The molecule has 0 fully saturated rings. The fraction of sp³-hybridized carbons (Fsp3) is 0.105. The number of benzene rings is 2. The van der Waals surface area contributed by atoms with E-state index in [0.717, 1.165) is 37.7 Å². The monoisotopic (exact) mass is 487 g/mol. The predicted molar refractivity (Wildman–Crippen MR) is 104 cm³/mol. The van der Waals surface area contributed by atoms with Crippen molar-refractivity contribution >= 4 is 48.0 Å². The Kier molecular flexibility index (Phi) is 5.70. The molecular formula is C19H13BrF3NO4S. The third-order valence-electron chi connectivity index (χ3n) is 4.08. The molecule has 0 N–H and O–H groups in total. The Hall–Kier alpha value is -2.43. The van der Waals surface area contributed by atoms with Crippen molar-refractivity contribution in [1.29, 1.82) is 0 Å². The summed E-state index contributed by atoms with van der Waals surface area (Å²) in [5.41, 5.74) is -1.55. The first-order valence-electron chi connectivity index (χ1n) is 8.07. The molecule has 0 spiro atoms. The molecule has 5 nitrogen and oxygen atoms in total. The molecule has 29 heavy (non-hydrogen) atoms. The fourth-order valence-corrected chi connectivity index (χ4v) is 3.22. The highest BCUT2D eigenvalue weighted by atomic mass is 79.9. The number of halogens is 4. The van der Waals surface area contributed by atoms with Gasteiger partial charge < -0.3 is 8.97 Å². The fourth-order valence-electron chi connectivity index (χ4n) is 2.75. The maximum absolute atomic E-state index is 10.7. The summed E-state index contributed by atoms with van der Waals surface area (Å²) in [5.74, 6) is 0. The standard InChI is InChI=1S/C18H13BrNO.CHF3O3S/c1-20-11-5-9-15(18(20)19)14-8-4-7-13-12-6-2-3-10-16(12)21-17(13)14;2-1(3,4)8(5,6)7/h2-11H,1H3;(H,5,6,7)/q+1;/p-1. The summed E-state index contributed by atoms with van der Waals surface area (Å²) in [6.07, 6.45) is 2.02. The second-order valence-electron chi connectivity index (χ2n) is 6.00. The van der Waals surface area contributed by atoms with Crippen molar-refractivity contribution in [3.8, 4) is 11.1 Å². The zero-order valence-electron chi connectivity index (χ0n) is 14.8. The van der Waals surface area contributed by atoms with Gasteiger partial charge in [0.2, 0.25) is 0 Å². The Bertz CT molecular complexity index is 1300. The molecule has 2 aromatic carbocycles. The number of aromatic nitrogens is 1. The van der Waals surface area contributed by atoms with E-state index < -0.39 is 15.6 Å². The predicted octanol–water partition coefficient (Wildman–Crippen LogP) is 4.89. The van der Waals surface area contributed by atoms with E-state index in [2.05, 4.69) is 50.8 Å². The third kappa shape index (κ3) is 4.29. The maximum Gasteiger partial charge on any atom is 0.485 e. The first kappa shape index (κ1) is 21.3. The van der Waals surface area contributed by atoms with Crippen molar-refractivity contribution in [2.24, 2.45) is 7.05 Å². The lowest BCUT2D eigenvalue weighted by Gasteiger charge is -2.08. The lowest BCUT2D eigenvalue weighted by Crippen LogP contribution is -2.29. The van der Waals surface area contributed by atoms with E-state index in [1.807, 2.05) is 37.5 Å². The second kappa shape index (κ2) is 7.77. The molecule has 0 saturated carbocycles. The van der Waals surface area contributed by atoms with Gasteiger partial charge in [-0.15, -0.1) is 0 Å². The lowest BCUT2D eigenvalue weighted by atomic mass is 10.0. The van der Waals surface area contributed by atoms with Crippen molar-refractivity contribution in [2.45, 2.75) is 5.51 Å². The zero-order chi connectivity index (χ0) is 21.4. The van der Waals surface area contributed by atoms with Crippen molar-refractivity contribution in [3.05, 3.63) is 65.4 Å². The number of para-hydroxylation sites is 2. The molecule has 0 aliphatic carbocycles. The Morgan fingerprint density at radius 2 is 1.55 bits per heavy atom. The van der Waals surface area contributed by atoms with Gasteiger partial charge in [0.1, 0.15) is 18.2 Å². The van der Waals surface area contributed by atoms with Crippen molar-refractivity contribution in [2.75, 3.05) is 0 Å². The van der Waals surface area contributed by atoms with Crippen LogP contribution in [0.2, 0.25) is 0 Å². The molecular weight excluding hydrogens is 475 g/mol. The molecule has 0 radical (unpaired) electrons. The van der Waals surface area contributed by atoms with E-state index in [1.165, 1.54) is 0 Å². The molecule has 0 saturated heterocycles. The number of alkyl halides is 3. The van der Waals surface area contributed by atoms with Crippen LogP contribution in [0.3, 0.4) is 0 Å². The molecule has 0 aliphatic rings. The Balaban J connectivity index is 0.000000258. The normalized spacial score (nSPS) is 12.1. The Morgan fingerprint density at radius 3 is 2.21 bits per heavy atom. The minimum absolute atomic E-state index is 0.927. The highest BCUT2D eigenvalue weighted by Crippen LogP contribution is 2.37. The van der Waals surface area contributed by atoms with Gasteiger partial charge in [0, 0.05) is 38.3 Å². The summed E-state index contributed by atoms with van der Waals surface area (Å²) >= 11 is 3.67. The number of fused-ring (bicyclic) bond motifs is 3. The second-order valence-corrected chi connectivity index (χ2v) is 8.13. The van der Waals surface area contributed by atoms with E-state index in [4.69, 9.17) is 17.4 Å². The first-order valence-corrected chi connectivity index (χ1v) is 10.3. The van der Waals surface area contributed by atoms with Crippen molar-refractivity contribution in [1.82, 2.24) is 0 Å². The Labute approximate surface area is 172 Å². The molecule has 0 aliphatic heterocycles. The van der Waals surface area contributed by atoms with Crippen LogP contribution in [0.25, 0.3) is 33.1 Å². The van der Waals surface area contributed by atoms with Crippen molar-refractivity contribution < 1.29 is 35.1 Å². The molecule has 10 heteroatoms. The smallest absolute Gasteiger partial charge is 0.485 e. The van der Waals surface area contributed by atoms with Crippen LogP contribution in [0.1, 0.15) is 0 Å². The third-order valence-corrected chi connectivity index (χ3v) is 5.64. The number of aryl methyl sites for hydroxylation is 1. The summed E-state index contributed by atoms with van der Waals surface area (Å²) < 4.78 is 68.1. The van der Waals surface area contributed by atoms with Crippen LogP contribution >= 0.6 is 15.9 Å². The van der Waals surface area contributed by atoms with Gasteiger partial charge in [-0.05, 0) is 12.1 Å². The topological polar surface area (TPSA) is 74.2 Å². The van der Waals surface area contributed by atoms with Gasteiger partial charge in [-0.25, -0.2) is 8.42 Å². The van der Waals surface area contributed by atoms with Gasteiger partial charge in [-0.1, -0.05) is 36.4 Å². The average Bonchev–Trinajstić information content (AvgIpc) is 3.02. The van der Waals surface area contributed by atoms with Gasteiger partial charge in [-0.2, -0.15) is 17.7 Å². The van der Waals surface area contributed by atoms with Gasteiger partial charge in [0.15, 0.2) is 16.3 Å². The highest BCUT2D eigenvalue weighted by Gasteiger charge is 2.36. The summed E-state index contributed by atoms with van der Waals surface area (Å²) in [5, 5.41) is 2.31. The highest BCUT2D eigenvalue weighted by molar-refractivity contribution is 9.10. The summed E-state index contributed by atoms with van der Waals surface area (Å²) in [6.45, 7) is 0. The first-order chi connectivity index (χ1) is 13.5. The van der Waals surface area contributed by atoms with Crippen LogP contribution in [0.4, 0.5) is 13.2 Å². The van der Waals surface area contributed by atoms with Gasteiger partial charge in [-0.3, -0.25) is 0 Å². The summed E-state index contributed by atoms with van der Waals surface area (Å²) in [7, 11) is -4.07. The number of hydrogen-bond donors (Lipinski definition) is 0. The molecule has 0 amide bonds. The average molecular weight is 488 g/mol. The molecule has 4 aromatic rings. The van der Waals surface area contributed by atoms with E-state index in [-0.39, 0.29) is 0 Å². The van der Waals surface area contributed by atoms with Crippen molar-refractivity contribution in [3.63, 3.8) is 0 Å². The molecule has 152 valence electrons. The van der Waals surface area contributed by atoms with Crippen LogP contribution in [0.5, 0.6) is 0 Å². The van der Waals surface area contributed by atoms with Gasteiger partial charge in [0.05, 0.1) is 5.56 Å². The SMILES string of the molecule is C[n+]1cccc(-c2cccc3c2oc2ccccc23)c1Br.O=S(=O)([O-])C(F)(F)F. The molecule has 2 aromatic heterocycles.